The molecule has 0 saturated heterocycles. The lowest BCUT2D eigenvalue weighted by Gasteiger charge is -2.19. The number of rotatable bonds is 9. The largest absolute Gasteiger partial charge is 0.434 e. The summed E-state index contributed by atoms with van der Waals surface area (Å²) >= 11 is 0. The van der Waals surface area contributed by atoms with E-state index in [2.05, 4.69) is 0 Å². The molecule has 0 aromatic rings. The highest BCUT2D eigenvalue weighted by Crippen LogP contribution is 2.36. The highest BCUT2D eigenvalue weighted by atomic mass is 33.1. The molecule has 8 heteroatoms. The number of nitrogens with two attached hydrogens (primary N) is 2. The second-order valence-corrected chi connectivity index (χ2v) is 6.09. The Morgan fingerprint density at radius 3 is 1.50 bits per heavy atom. The van der Waals surface area contributed by atoms with Gasteiger partial charge in [-0.05, 0) is 34.4 Å². The van der Waals surface area contributed by atoms with Gasteiger partial charge >= 0.3 is 12.2 Å². The molecule has 0 saturated carbocycles. The molecular weight excluding hydrogens is 276 g/mol. The van der Waals surface area contributed by atoms with Gasteiger partial charge in [-0.15, -0.1) is 0 Å². The summed E-state index contributed by atoms with van der Waals surface area (Å²) in [5.74, 6) is 0. The Hall–Kier alpha value is -0.760. The number of hydrogen-bond donors (Lipinski definition) is 2. The summed E-state index contributed by atoms with van der Waals surface area (Å²) in [7, 11) is 2.65. The van der Waals surface area contributed by atoms with Gasteiger partial charge in [0.15, 0.2) is 10.9 Å². The Morgan fingerprint density at radius 1 is 0.944 bits per heavy atom. The predicted octanol–water partition coefficient (Wildman–Crippen LogP) is 2.81. The van der Waals surface area contributed by atoms with E-state index in [0.717, 1.165) is 12.8 Å². The second-order valence-electron chi connectivity index (χ2n) is 3.50. The molecule has 18 heavy (non-hydrogen) atoms. The minimum Gasteiger partial charge on any atom is -0.434 e. The second kappa shape index (κ2) is 10.2. The first-order chi connectivity index (χ1) is 8.49. The number of amides is 2. The van der Waals surface area contributed by atoms with E-state index in [4.69, 9.17) is 20.9 Å². The molecular formula is C10H20N2O4S2. The minimum atomic E-state index is -0.801. The Kier molecular flexibility index (Phi) is 9.76. The van der Waals surface area contributed by atoms with Gasteiger partial charge in [0.05, 0.1) is 0 Å². The van der Waals surface area contributed by atoms with Crippen LogP contribution in [0.1, 0.15) is 39.5 Å². The third-order valence-corrected chi connectivity index (χ3v) is 4.64. The number of carbonyl (C=O) groups is 2. The molecule has 2 unspecified atom stereocenters. The summed E-state index contributed by atoms with van der Waals surface area (Å²) in [5, 5.41) is 0. The lowest BCUT2D eigenvalue weighted by Crippen LogP contribution is -2.22. The van der Waals surface area contributed by atoms with Crippen molar-refractivity contribution >= 4 is 33.8 Å². The molecule has 106 valence electrons. The number of primary amides is 2. The maximum atomic E-state index is 10.7. The van der Waals surface area contributed by atoms with Crippen molar-refractivity contribution in [2.45, 2.75) is 50.4 Å². The molecule has 0 fully saturated rings. The van der Waals surface area contributed by atoms with Crippen LogP contribution >= 0.6 is 21.6 Å². The lowest BCUT2D eigenvalue weighted by molar-refractivity contribution is 0.140. The zero-order valence-electron chi connectivity index (χ0n) is 10.6. The molecule has 4 N–H and O–H groups in total. The molecule has 0 aliphatic heterocycles. The summed E-state index contributed by atoms with van der Waals surface area (Å²) in [6, 6.07) is 0. The smallest absolute Gasteiger partial charge is 0.405 e. The van der Waals surface area contributed by atoms with Crippen LogP contribution in [0, 0.1) is 0 Å². The summed E-state index contributed by atoms with van der Waals surface area (Å²) in [6.07, 6.45) is 1.50. The van der Waals surface area contributed by atoms with Crippen molar-refractivity contribution < 1.29 is 19.1 Å². The van der Waals surface area contributed by atoms with Gasteiger partial charge in [-0.3, -0.25) is 0 Å². The van der Waals surface area contributed by atoms with Gasteiger partial charge in [0.2, 0.25) is 0 Å². The Bertz CT molecular complexity index is 240. The van der Waals surface area contributed by atoms with E-state index in [1.165, 1.54) is 21.6 Å². The predicted molar refractivity (Wildman–Crippen MR) is 73.9 cm³/mol. The average Bonchev–Trinajstić information content (AvgIpc) is 2.24. The van der Waals surface area contributed by atoms with Crippen LogP contribution in [0.5, 0.6) is 0 Å². The van der Waals surface area contributed by atoms with E-state index >= 15 is 0 Å². The van der Waals surface area contributed by atoms with Crippen molar-refractivity contribution in [2.75, 3.05) is 0 Å². The van der Waals surface area contributed by atoms with E-state index < -0.39 is 12.2 Å². The van der Waals surface area contributed by atoms with E-state index in [-0.39, 0.29) is 10.9 Å². The fourth-order valence-electron chi connectivity index (χ4n) is 1.11. The molecule has 2 amide bonds. The average molecular weight is 296 g/mol. The Morgan fingerprint density at radius 2 is 1.28 bits per heavy atom. The summed E-state index contributed by atoms with van der Waals surface area (Å²) in [6.45, 7) is 3.96. The maximum Gasteiger partial charge on any atom is 0.405 e. The topological polar surface area (TPSA) is 105 Å². The van der Waals surface area contributed by atoms with Gasteiger partial charge < -0.3 is 20.9 Å². The molecule has 0 aromatic heterocycles. The minimum absolute atomic E-state index is 0.340. The van der Waals surface area contributed by atoms with Gasteiger partial charge in [0.1, 0.15) is 0 Å². The van der Waals surface area contributed by atoms with Crippen LogP contribution in [-0.4, -0.2) is 23.1 Å². The van der Waals surface area contributed by atoms with E-state index in [1.54, 1.807) is 0 Å². The SMILES string of the molecule is CCCC(OC(N)=O)SSC(CCC)OC(N)=O. The molecule has 0 rings (SSSR count). The number of hydrogen-bond acceptors (Lipinski definition) is 6. The maximum absolute atomic E-state index is 10.7. The quantitative estimate of drug-likeness (QED) is 0.500. The standard InChI is InChI=1S/C10H20N2O4S2/c1-3-5-7(15-9(11)13)17-18-8(6-4-2)16-10(12)14/h7-8H,3-6H2,1-2H3,(H2,11,13)(H2,12,14). The molecule has 0 aliphatic rings. The van der Waals surface area contributed by atoms with E-state index in [9.17, 15) is 9.59 Å². The molecule has 0 heterocycles. The molecule has 0 aliphatic carbocycles. The van der Waals surface area contributed by atoms with E-state index in [1.807, 2.05) is 13.8 Å². The third kappa shape index (κ3) is 9.29. The number of carbonyl (C=O) groups excluding carboxylic acids is 2. The first-order valence-corrected chi connectivity index (χ1v) is 8.01. The van der Waals surface area contributed by atoms with Crippen LogP contribution in [0.15, 0.2) is 0 Å². The fourth-order valence-corrected chi connectivity index (χ4v) is 3.84. The van der Waals surface area contributed by atoms with Crippen molar-refractivity contribution in [3.8, 4) is 0 Å². The first kappa shape index (κ1) is 17.2. The van der Waals surface area contributed by atoms with E-state index in [0.29, 0.717) is 12.8 Å². The van der Waals surface area contributed by atoms with Crippen molar-refractivity contribution in [3.63, 3.8) is 0 Å². The molecule has 0 bridgehead atoms. The van der Waals surface area contributed by atoms with Crippen LogP contribution in [-0.2, 0) is 9.47 Å². The molecule has 0 aromatic carbocycles. The number of ether oxygens (including phenoxy) is 2. The van der Waals surface area contributed by atoms with Crippen molar-refractivity contribution in [1.29, 1.82) is 0 Å². The van der Waals surface area contributed by atoms with Crippen molar-refractivity contribution in [1.82, 2.24) is 0 Å². The highest BCUT2D eigenvalue weighted by Gasteiger charge is 2.18. The summed E-state index contributed by atoms with van der Waals surface area (Å²) < 4.78 is 9.87. The molecule has 0 spiro atoms. The zero-order chi connectivity index (χ0) is 14.0. The third-order valence-electron chi connectivity index (χ3n) is 1.81. The molecule has 0 radical (unpaired) electrons. The Labute approximate surface area is 115 Å². The van der Waals surface area contributed by atoms with Gasteiger partial charge in [0, 0.05) is 0 Å². The normalized spacial score (nSPS) is 13.7. The monoisotopic (exact) mass is 296 g/mol. The van der Waals surface area contributed by atoms with Crippen LogP contribution in [0.4, 0.5) is 9.59 Å². The zero-order valence-corrected chi connectivity index (χ0v) is 12.2. The Balaban J connectivity index is 4.16. The van der Waals surface area contributed by atoms with Gasteiger partial charge in [-0.2, -0.15) is 0 Å². The molecule has 6 nitrogen and oxygen atoms in total. The summed E-state index contributed by atoms with van der Waals surface area (Å²) in [5.41, 5.74) is 9.28. The van der Waals surface area contributed by atoms with Gasteiger partial charge in [0.25, 0.3) is 0 Å². The van der Waals surface area contributed by atoms with Gasteiger partial charge in [-0.1, -0.05) is 26.7 Å². The van der Waals surface area contributed by atoms with Crippen molar-refractivity contribution in [2.24, 2.45) is 11.5 Å². The molecule has 2 atom stereocenters. The van der Waals surface area contributed by atoms with Crippen LogP contribution in [0.3, 0.4) is 0 Å². The fraction of sp³-hybridized carbons (Fsp3) is 0.800. The van der Waals surface area contributed by atoms with Crippen LogP contribution in [0.2, 0.25) is 0 Å². The van der Waals surface area contributed by atoms with Crippen molar-refractivity contribution in [3.05, 3.63) is 0 Å². The summed E-state index contributed by atoms with van der Waals surface area (Å²) in [4.78, 5) is 21.4. The van der Waals surface area contributed by atoms with Crippen LogP contribution < -0.4 is 11.5 Å². The van der Waals surface area contributed by atoms with Crippen LogP contribution in [0.25, 0.3) is 0 Å². The first-order valence-electron chi connectivity index (χ1n) is 5.73. The highest BCUT2D eigenvalue weighted by molar-refractivity contribution is 8.77. The lowest BCUT2D eigenvalue weighted by atomic mass is 10.4. The van der Waals surface area contributed by atoms with Gasteiger partial charge in [-0.25, -0.2) is 9.59 Å².